The van der Waals surface area contributed by atoms with E-state index < -0.39 is 0 Å². The summed E-state index contributed by atoms with van der Waals surface area (Å²) in [6.07, 6.45) is 9.47. The van der Waals surface area contributed by atoms with Crippen LogP contribution in [0.1, 0.15) is 46.0 Å². The molecule has 2 N–H and O–H groups in total. The monoisotopic (exact) mass is 477 g/mol. The van der Waals surface area contributed by atoms with E-state index in [-0.39, 0.29) is 11.9 Å². The number of H-pyrrole nitrogens is 1. The first-order chi connectivity index (χ1) is 17.7. The molecule has 2 heterocycles. The normalized spacial score (nSPS) is 13.9. The molecule has 1 aliphatic carbocycles. The molecule has 0 saturated heterocycles. The van der Waals surface area contributed by atoms with Gasteiger partial charge in [-0.15, -0.1) is 0 Å². The molecule has 1 unspecified atom stereocenters. The number of nitrogens with one attached hydrogen (secondary N) is 2. The molecule has 6 rings (SSSR count). The van der Waals surface area contributed by atoms with Crippen molar-refractivity contribution in [2.24, 2.45) is 0 Å². The Labute approximate surface area is 209 Å². The second-order valence-electron chi connectivity index (χ2n) is 9.15. The van der Waals surface area contributed by atoms with Gasteiger partial charge in [0.1, 0.15) is 11.9 Å². The molecule has 1 aliphatic rings. The fourth-order valence-corrected chi connectivity index (χ4v) is 4.94. The van der Waals surface area contributed by atoms with E-state index in [9.17, 15) is 4.79 Å². The molecule has 0 bridgehead atoms. The SMILES string of the molecule is O=C1CCCc2c1ccc(OC(Cn1ccnc1)c1ccccc1)c2CNc1ccc2[nH]ncc2c1. The Morgan fingerprint density at radius 2 is 2.00 bits per heavy atom. The lowest BCUT2D eigenvalue weighted by atomic mass is 9.86. The van der Waals surface area contributed by atoms with Crippen molar-refractivity contribution in [3.05, 3.63) is 108 Å². The van der Waals surface area contributed by atoms with E-state index in [4.69, 9.17) is 4.74 Å². The summed E-state index contributed by atoms with van der Waals surface area (Å²) >= 11 is 0. The predicted molar refractivity (Wildman–Crippen MR) is 139 cm³/mol. The van der Waals surface area contributed by atoms with E-state index in [1.807, 2.05) is 59.4 Å². The van der Waals surface area contributed by atoms with Crippen molar-refractivity contribution in [1.29, 1.82) is 0 Å². The topological polar surface area (TPSA) is 84.8 Å². The zero-order valence-corrected chi connectivity index (χ0v) is 19.9. The number of hydrogen-bond donors (Lipinski definition) is 2. The largest absolute Gasteiger partial charge is 0.483 e. The van der Waals surface area contributed by atoms with Crippen LogP contribution in [0.25, 0.3) is 10.9 Å². The van der Waals surface area contributed by atoms with E-state index in [1.54, 1.807) is 12.5 Å². The number of aromatic nitrogens is 4. The number of carbonyl (C=O) groups excluding carboxylic acids is 1. The average Bonchev–Trinajstić information content (AvgIpc) is 3.60. The molecule has 0 fully saturated rings. The van der Waals surface area contributed by atoms with Gasteiger partial charge in [0.25, 0.3) is 0 Å². The first kappa shape index (κ1) is 22.1. The molecule has 0 radical (unpaired) electrons. The maximum absolute atomic E-state index is 12.7. The zero-order valence-electron chi connectivity index (χ0n) is 19.9. The summed E-state index contributed by atoms with van der Waals surface area (Å²) in [6.45, 7) is 1.19. The first-order valence-electron chi connectivity index (χ1n) is 12.3. The molecule has 180 valence electrons. The van der Waals surface area contributed by atoms with Gasteiger partial charge in [0.15, 0.2) is 5.78 Å². The van der Waals surface area contributed by atoms with E-state index >= 15 is 0 Å². The first-order valence-corrected chi connectivity index (χ1v) is 12.3. The summed E-state index contributed by atoms with van der Waals surface area (Å²) in [6, 6.07) is 20.3. The summed E-state index contributed by atoms with van der Waals surface area (Å²) in [5.41, 5.74) is 6.03. The number of aromatic amines is 1. The second kappa shape index (κ2) is 9.70. The van der Waals surface area contributed by atoms with Gasteiger partial charge in [-0.05, 0) is 54.3 Å². The lowest BCUT2D eigenvalue weighted by Gasteiger charge is -2.26. The Balaban J connectivity index is 1.35. The molecular weight excluding hydrogens is 450 g/mol. The minimum atomic E-state index is -0.209. The Hall–Kier alpha value is -4.39. The highest BCUT2D eigenvalue weighted by molar-refractivity contribution is 5.99. The highest BCUT2D eigenvalue weighted by Gasteiger charge is 2.24. The summed E-state index contributed by atoms with van der Waals surface area (Å²) in [5.74, 6) is 1.01. The van der Waals surface area contributed by atoms with Crippen LogP contribution in [0.5, 0.6) is 5.75 Å². The number of hydrogen-bond acceptors (Lipinski definition) is 5. The van der Waals surface area contributed by atoms with Crippen molar-refractivity contribution < 1.29 is 9.53 Å². The number of Topliss-reactive ketones (excluding diaryl/α,β-unsaturated/α-hetero) is 1. The summed E-state index contributed by atoms with van der Waals surface area (Å²) in [4.78, 5) is 16.9. The Morgan fingerprint density at radius 1 is 1.08 bits per heavy atom. The maximum Gasteiger partial charge on any atom is 0.163 e. The van der Waals surface area contributed by atoms with Crippen LogP contribution in [0.15, 0.2) is 85.6 Å². The number of imidazole rings is 1. The van der Waals surface area contributed by atoms with Crippen molar-refractivity contribution in [2.75, 3.05) is 5.32 Å². The Morgan fingerprint density at radius 3 is 2.86 bits per heavy atom. The van der Waals surface area contributed by atoms with Gasteiger partial charge in [0, 0.05) is 47.6 Å². The molecule has 2 aromatic heterocycles. The molecule has 5 aromatic rings. The predicted octanol–water partition coefficient (Wildman–Crippen LogP) is 5.71. The van der Waals surface area contributed by atoms with Crippen LogP contribution in [0.2, 0.25) is 0 Å². The number of fused-ring (bicyclic) bond motifs is 2. The molecular formula is C29H27N5O2. The van der Waals surface area contributed by atoms with Gasteiger partial charge >= 0.3 is 0 Å². The zero-order chi connectivity index (χ0) is 24.3. The Kier molecular flexibility index (Phi) is 5.95. The van der Waals surface area contributed by atoms with Gasteiger partial charge < -0.3 is 14.6 Å². The highest BCUT2D eigenvalue weighted by atomic mass is 16.5. The average molecular weight is 478 g/mol. The molecule has 7 nitrogen and oxygen atoms in total. The third-order valence-corrected chi connectivity index (χ3v) is 6.81. The summed E-state index contributed by atoms with van der Waals surface area (Å²) in [7, 11) is 0. The molecule has 0 amide bonds. The number of benzene rings is 3. The number of carbonyl (C=O) groups is 1. The number of ketones is 1. The van der Waals surface area contributed by atoms with Gasteiger partial charge in [-0.2, -0.15) is 5.10 Å². The standard InChI is InChI=1S/C29H27N5O2/c35-27-8-4-7-23-24(27)10-12-28(25(23)17-31-22-9-11-26-21(15-22)16-32-33-26)36-29(18-34-14-13-30-19-34)20-5-2-1-3-6-20/h1-3,5-6,9-16,19,29,31H,4,7-8,17-18H2,(H,32,33). The van der Waals surface area contributed by atoms with E-state index in [2.05, 4.69) is 38.7 Å². The van der Waals surface area contributed by atoms with Crippen LogP contribution in [-0.2, 0) is 19.5 Å². The second-order valence-corrected chi connectivity index (χ2v) is 9.15. The highest BCUT2D eigenvalue weighted by Crippen LogP contribution is 2.35. The smallest absolute Gasteiger partial charge is 0.163 e. The van der Waals surface area contributed by atoms with E-state index in [0.717, 1.165) is 57.4 Å². The van der Waals surface area contributed by atoms with Gasteiger partial charge in [0.05, 0.1) is 24.6 Å². The van der Waals surface area contributed by atoms with Crippen LogP contribution in [0, 0.1) is 0 Å². The van der Waals surface area contributed by atoms with Crippen LogP contribution in [0.3, 0.4) is 0 Å². The number of nitrogens with zero attached hydrogens (tertiary/aromatic N) is 3. The molecule has 0 aliphatic heterocycles. The lowest BCUT2D eigenvalue weighted by molar-refractivity contribution is 0.0972. The Bertz CT molecular complexity index is 1490. The van der Waals surface area contributed by atoms with Gasteiger partial charge in [0.2, 0.25) is 0 Å². The van der Waals surface area contributed by atoms with Crippen molar-refractivity contribution in [3.8, 4) is 5.75 Å². The fourth-order valence-electron chi connectivity index (χ4n) is 4.94. The lowest BCUT2D eigenvalue weighted by Crippen LogP contribution is -2.19. The molecule has 0 saturated carbocycles. The van der Waals surface area contributed by atoms with Crippen molar-refractivity contribution in [3.63, 3.8) is 0 Å². The van der Waals surface area contributed by atoms with Crippen LogP contribution in [0.4, 0.5) is 5.69 Å². The third-order valence-electron chi connectivity index (χ3n) is 6.81. The fraction of sp³-hybridized carbons (Fsp3) is 0.207. The van der Waals surface area contributed by atoms with Gasteiger partial charge in [-0.3, -0.25) is 9.89 Å². The van der Waals surface area contributed by atoms with Crippen LogP contribution >= 0.6 is 0 Å². The minimum Gasteiger partial charge on any atom is -0.483 e. The number of ether oxygens (including phenoxy) is 1. The molecule has 36 heavy (non-hydrogen) atoms. The van der Waals surface area contributed by atoms with Gasteiger partial charge in [-0.25, -0.2) is 4.98 Å². The molecule has 1 atom stereocenters. The van der Waals surface area contributed by atoms with E-state index in [0.29, 0.717) is 19.5 Å². The quantitative estimate of drug-likeness (QED) is 0.299. The minimum absolute atomic E-state index is 0.209. The summed E-state index contributed by atoms with van der Waals surface area (Å²) in [5, 5.41) is 11.7. The third kappa shape index (κ3) is 4.47. The van der Waals surface area contributed by atoms with Crippen molar-refractivity contribution in [1.82, 2.24) is 19.7 Å². The van der Waals surface area contributed by atoms with Crippen molar-refractivity contribution >= 4 is 22.4 Å². The maximum atomic E-state index is 12.7. The number of rotatable bonds is 8. The summed E-state index contributed by atoms with van der Waals surface area (Å²) < 4.78 is 8.76. The molecule has 0 spiro atoms. The van der Waals surface area contributed by atoms with Crippen molar-refractivity contribution in [2.45, 2.75) is 38.5 Å². The van der Waals surface area contributed by atoms with E-state index in [1.165, 1.54) is 0 Å². The van der Waals surface area contributed by atoms with Crippen LogP contribution < -0.4 is 10.1 Å². The van der Waals surface area contributed by atoms with Gasteiger partial charge in [-0.1, -0.05) is 30.3 Å². The molecule has 3 aromatic carbocycles. The number of anilines is 1. The molecule has 7 heteroatoms. The van der Waals surface area contributed by atoms with Crippen LogP contribution in [-0.4, -0.2) is 25.5 Å².